The number of nitrogens with zero attached hydrogens (tertiary/aromatic N) is 2. The quantitative estimate of drug-likeness (QED) is 0.759. The van der Waals surface area contributed by atoms with E-state index < -0.39 is 0 Å². The zero-order valence-corrected chi connectivity index (χ0v) is 11.3. The van der Waals surface area contributed by atoms with Gasteiger partial charge in [-0.2, -0.15) is 5.10 Å². The van der Waals surface area contributed by atoms with Crippen LogP contribution in [-0.2, 0) is 6.54 Å². The molecule has 1 heterocycles. The highest BCUT2D eigenvalue weighted by Gasteiger charge is 2.04. The summed E-state index contributed by atoms with van der Waals surface area (Å²) in [4.78, 5) is 4.48. The Morgan fingerprint density at radius 2 is 1.75 bits per heavy atom. The van der Waals surface area contributed by atoms with Crippen molar-refractivity contribution in [3.8, 4) is 11.4 Å². The van der Waals surface area contributed by atoms with Crippen LogP contribution in [0.25, 0.3) is 11.4 Å². The van der Waals surface area contributed by atoms with E-state index in [1.54, 1.807) is 0 Å². The molecule has 1 aromatic heterocycles. The van der Waals surface area contributed by atoms with E-state index in [1.165, 1.54) is 5.56 Å². The van der Waals surface area contributed by atoms with Crippen LogP contribution in [0, 0.1) is 6.92 Å². The number of hydrogen-bond acceptors (Lipinski definition) is 3. The van der Waals surface area contributed by atoms with Gasteiger partial charge in [0.05, 0.1) is 6.54 Å². The Hall–Kier alpha value is -2.62. The highest BCUT2D eigenvalue weighted by molar-refractivity contribution is 5.54. The standard InChI is InChI=1S/C16H16N4/c1-12-7-9-14(10-8-12)17-11-15-18-16(20-19-15)13-5-3-2-4-6-13/h2-10,17H,11H2,1H3,(H,18,19,20). The van der Waals surface area contributed by atoms with Gasteiger partial charge < -0.3 is 5.32 Å². The molecule has 3 rings (SSSR count). The molecule has 0 aliphatic carbocycles. The largest absolute Gasteiger partial charge is 0.378 e. The van der Waals surface area contributed by atoms with Crippen LogP contribution >= 0.6 is 0 Å². The number of nitrogens with one attached hydrogen (secondary N) is 2. The molecule has 20 heavy (non-hydrogen) atoms. The average molecular weight is 264 g/mol. The monoisotopic (exact) mass is 264 g/mol. The van der Waals surface area contributed by atoms with E-state index in [4.69, 9.17) is 0 Å². The molecule has 0 radical (unpaired) electrons. The maximum absolute atomic E-state index is 4.48. The smallest absolute Gasteiger partial charge is 0.181 e. The summed E-state index contributed by atoms with van der Waals surface area (Å²) in [6, 6.07) is 18.2. The number of aromatic amines is 1. The van der Waals surface area contributed by atoms with E-state index in [-0.39, 0.29) is 0 Å². The number of H-pyrrole nitrogens is 1. The highest BCUT2D eigenvalue weighted by atomic mass is 15.2. The second-order valence-corrected chi connectivity index (χ2v) is 4.69. The van der Waals surface area contributed by atoms with E-state index in [2.05, 4.69) is 51.7 Å². The second-order valence-electron chi connectivity index (χ2n) is 4.69. The van der Waals surface area contributed by atoms with E-state index in [0.717, 1.165) is 22.9 Å². The molecule has 2 N–H and O–H groups in total. The minimum absolute atomic E-state index is 0.628. The normalized spacial score (nSPS) is 10.4. The van der Waals surface area contributed by atoms with Gasteiger partial charge in [0.15, 0.2) is 5.82 Å². The molecular weight excluding hydrogens is 248 g/mol. The van der Waals surface area contributed by atoms with Crippen molar-refractivity contribution in [2.24, 2.45) is 0 Å². The first-order valence-corrected chi connectivity index (χ1v) is 6.58. The van der Waals surface area contributed by atoms with Crippen LogP contribution in [0.4, 0.5) is 5.69 Å². The molecule has 0 unspecified atom stereocenters. The summed E-state index contributed by atoms with van der Waals surface area (Å²) in [5, 5.41) is 10.5. The SMILES string of the molecule is Cc1ccc(NCc2nc(-c3ccccc3)n[nH]2)cc1. The van der Waals surface area contributed by atoms with Crippen molar-refractivity contribution >= 4 is 5.69 Å². The van der Waals surface area contributed by atoms with E-state index in [9.17, 15) is 0 Å². The topological polar surface area (TPSA) is 53.6 Å². The van der Waals surface area contributed by atoms with Crippen LogP contribution < -0.4 is 5.32 Å². The van der Waals surface area contributed by atoms with Gasteiger partial charge in [-0.15, -0.1) is 0 Å². The minimum atomic E-state index is 0.628. The van der Waals surface area contributed by atoms with Gasteiger partial charge in [0, 0.05) is 11.3 Å². The Morgan fingerprint density at radius 3 is 2.50 bits per heavy atom. The van der Waals surface area contributed by atoms with Crippen molar-refractivity contribution in [3.05, 3.63) is 66.0 Å². The lowest BCUT2D eigenvalue weighted by Crippen LogP contribution is -2.01. The molecule has 0 fully saturated rings. The summed E-state index contributed by atoms with van der Waals surface area (Å²) >= 11 is 0. The van der Waals surface area contributed by atoms with Gasteiger partial charge in [-0.3, -0.25) is 5.10 Å². The Balaban J connectivity index is 1.67. The number of rotatable bonds is 4. The number of aromatic nitrogens is 3. The van der Waals surface area contributed by atoms with Crippen molar-refractivity contribution in [1.82, 2.24) is 15.2 Å². The third-order valence-corrected chi connectivity index (χ3v) is 3.08. The summed E-state index contributed by atoms with van der Waals surface area (Å²) in [6.07, 6.45) is 0. The van der Waals surface area contributed by atoms with Crippen LogP contribution in [-0.4, -0.2) is 15.2 Å². The summed E-state index contributed by atoms with van der Waals surface area (Å²) < 4.78 is 0. The zero-order chi connectivity index (χ0) is 13.8. The number of hydrogen-bond donors (Lipinski definition) is 2. The van der Waals surface area contributed by atoms with Crippen LogP contribution in [0.1, 0.15) is 11.4 Å². The van der Waals surface area contributed by atoms with Crippen LogP contribution in [0.15, 0.2) is 54.6 Å². The van der Waals surface area contributed by atoms with Crippen molar-refractivity contribution in [3.63, 3.8) is 0 Å². The Morgan fingerprint density at radius 1 is 1.00 bits per heavy atom. The van der Waals surface area contributed by atoms with Gasteiger partial charge in [-0.1, -0.05) is 48.0 Å². The highest BCUT2D eigenvalue weighted by Crippen LogP contribution is 2.14. The maximum Gasteiger partial charge on any atom is 0.181 e. The number of anilines is 1. The molecular formula is C16H16N4. The van der Waals surface area contributed by atoms with Crippen molar-refractivity contribution in [2.45, 2.75) is 13.5 Å². The lowest BCUT2D eigenvalue weighted by molar-refractivity contribution is 0.955. The Labute approximate surface area is 117 Å². The predicted molar refractivity (Wildman–Crippen MR) is 80.3 cm³/mol. The first kappa shape index (κ1) is 12.4. The second kappa shape index (κ2) is 5.57. The Bertz CT molecular complexity index is 671. The van der Waals surface area contributed by atoms with Gasteiger partial charge in [0.2, 0.25) is 0 Å². The fraction of sp³-hybridized carbons (Fsp3) is 0.125. The first-order chi connectivity index (χ1) is 9.81. The van der Waals surface area contributed by atoms with E-state index in [0.29, 0.717) is 6.54 Å². The lowest BCUT2D eigenvalue weighted by Gasteiger charge is -2.03. The average Bonchev–Trinajstić information content (AvgIpc) is 2.97. The molecule has 0 aliphatic heterocycles. The fourth-order valence-corrected chi connectivity index (χ4v) is 1.95. The molecule has 0 saturated carbocycles. The predicted octanol–water partition coefficient (Wildman–Crippen LogP) is 3.39. The van der Waals surface area contributed by atoms with Crippen molar-refractivity contribution in [1.29, 1.82) is 0 Å². The molecule has 4 nitrogen and oxygen atoms in total. The maximum atomic E-state index is 4.48. The van der Waals surface area contributed by atoms with Crippen LogP contribution in [0.3, 0.4) is 0 Å². The zero-order valence-electron chi connectivity index (χ0n) is 11.3. The summed E-state index contributed by atoms with van der Waals surface area (Å²) in [5.41, 5.74) is 3.35. The van der Waals surface area contributed by atoms with Gasteiger partial charge in [0.25, 0.3) is 0 Å². The molecule has 0 aliphatic rings. The van der Waals surface area contributed by atoms with Crippen LogP contribution in [0.2, 0.25) is 0 Å². The molecule has 2 aromatic carbocycles. The molecule has 0 saturated heterocycles. The summed E-state index contributed by atoms with van der Waals surface area (Å²) in [6.45, 7) is 2.70. The molecule has 3 aromatic rings. The number of benzene rings is 2. The molecule has 0 atom stereocenters. The summed E-state index contributed by atoms with van der Waals surface area (Å²) in [7, 11) is 0. The summed E-state index contributed by atoms with van der Waals surface area (Å²) in [5.74, 6) is 1.55. The van der Waals surface area contributed by atoms with Gasteiger partial charge >= 0.3 is 0 Å². The van der Waals surface area contributed by atoms with Crippen molar-refractivity contribution in [2.75, 3.05) is 5.32 Å². The van der Waals surface area contributed by atoms with E-state index in [1.807, 2.05) is 30.3 Å². The number of aryl methyl sites for hydroxylation is 1. The molecule has 100 valence electrons. The first-order valence-electron chi connectivity index (χ1n) is 6.58. The van der Waals surface area contributed by atoms with Crippen molar-refractivity contribution < 1.29 is 0 Å². The lowest BCUT2D eigenvalue weighted by atomic mass is 10.2. The third-order valence-electron chi connectivity index (χ3n) is 3.08. The molecule has 0 amide bonds. The van der Waals surface area contributed by atoms with Gasteiger partial charge in [0.1, 0.15) is 5.82 Å². The fourth-order valence-electron chi connectivity index (χ4n) is 1.95. The van der Waals surface area contributed by atoms with E-state index >= 15 is 0 Å². The molecule has 4 heteroatoms. The van der Waals surface area contributed by atoms with Gasteiger partial charge in [-0.25, -0.2) is 4.98 Å². The van der Waals surface area contributed by atoms with Gasteiger partial charge in [-0.05, 0) is 19.1 Å². The third kappa shape index (κ3) is 2.85. The minimum Gasteiger partial charge on any atom is -0.378 e. The molecule has 0 bridgehead atoms. The van der Waals surface area contributed by atoms with Crippen LogP contribution in [0.5, 0.6) is 0 Å². The molecule has 0 spiro atoms. The Kier molecular flexibility index (Phi) is 3.46.